The molecule has 1 amide bonds. The summed E-state index contributed by atoms with van der Waals surface area (Å²) < 4.78 is 7.53. The van der Waals surface area contributed by atoms with E-state index in [-0.39, 0.29) is 5.91 Å². The van der Waals surface area contributed by atoms with Gasteiger partial charge in [0.25, 0.3) is 5.91 Å². The summed E-state index contributed by atoms with van der Waals surface area (Å²) >= 11 is 0. The van der Waals surface area contributed by atoms with Crippen molar-refractivity contribution in [3.8, 4) is 0 Å². The lowest BCUT2D eigenvalue weighted by Gasteiger charge is -2.43. The fourth-order valence-electron chi connectivity index (χ4n) is 3.38. The summed E-state index contributed by atoms with van der Waals surface area (Å²) in [5, 5.41) is 4.16. The first-order valence-electron chi connectivity index (χ1n) is 8.69. The first-order chi connectivity index (χ1) is 11.6. The largest absolute Gasteiger partial charge is 0.454 e. The Kier molecular flexibility index (Phi) is 5.04. The molecule has 6 heteroatoms. The molecule has 1 aliphatic rings. The van der Waals surface area contributed by atoms with Gasteiger partial charge < -0.3 is 9.32 Å². The van der Waals surface area contributed by atoms with Crippen molar-refractivity contribution in [1.82, 2.24) is 19.6 Å². The summed E-state index contributed by atoms with van der Waals surface area (Å²) in [5.74, 6) is 1.16. The number of furan rings is 1. The summed E-state index contributed by atoms with van der Waals surface area (Å²) in [4.78, 5) is 17.1. The van der Waals surface area contributed by atoms with Crippen molar-refractivity contribution >= 4 is 5.91 Å². The standard InChI is InChI=1S/C18H26N4O2/c1-4-15-12-20(10-11-22(15)14(2)3)18(23)17-7-6-16(24-17)13-21-9-5-8-19-21/h5-9,14-15H,4,10-13H2,1-3H3/t15-/m0/s1. The average Bonchev–Trinajstić information content (AvgIpc) is 3.26. The second-order valence-electron chi connectivity index (χ2n) is 6.61. The van der Waals surface area contributed by atoms with Crippen LogP contribution in [0.5, 0.6) is 0 Å². The molecule has 2 aromatic heterocycles. The number of amides is 1. The monoisotopic (exact) mass is 330 g/mol. The molecule has 0 aromatic carbocycles. The Morgan fingerprint density at radius 1 is 1.38 bits per heavy atom. The molecule has 24 heavy (non-hydrogen) atoms. The second kappa shape index (κ2) is 7.21. The number of nitrogens with zero attached hydrogens (tertiary/aromatic N) is 4. The highest BCUT2D eigenvalue weighted by molar-refractivity contribution is 5.91. The molecule has 0 spiro atoms. The zero-order chi connectivity index (χ0) is 17.1. The van der Waals surface area contributed by atoms with Gasteiger partial charge in [-0.05, 0) is 38.5 Å². The molecule has 0 N–H and O–H groups in total. The van der Waals surface area contributed by atoms with Crippen molar-refractivity contribution in [2.75, 3.05) is 19.6 Å². The first kappa shape index (κ1) is 16.8. The molecule has 130 valence electrons. The third-order valence-corrected chi connectivity index (χ3v) is 4.70. The van der Waals surface area contributed by atoms with Crippen molar-refractivity contribution in [2.24, 2.45) is 0 Å². The number of rotatable bonds is 5. The van der Waals surface area contributed by atoms with Crippen LogP contribution in [-0.4, -0.2) is 57.2 Å². The normalized spacial score (nSPS) is 19.2. The molecule has 3 rings (SSSR count). The van der Waals surface area contributed by atoms with Gasteiger partial charge in [-0.2, -0.15) is 5.10 Å². The van der Waals surface area contributed by atoms with Gasteiger partial charge in [0, 0.05) is 44.1 Å². The van der Waals surface area contributed by atoms with Crippen LogP contribution in [0, 0.1) is 0 Å². The van der Waals surface area contributed by atoms with Crippen LogP contribution in [0.15, 0.2) is 35.0 Å². The lowest BCUT2D eigenvalue weighted by atomic mass is 10.1. The van der Waals surface area contributed by atoms with E-state index >= 15 is 0 Å². The Bertz CT molecular complexity index is 662. The molecule has 0 saturated carbocycles. The lowest BCUT2D eigenvalue weighted by molar-refractivity contribution is 0.0348. The van der Waals surface area contributed by atoms with Gasteiger partial charge in [-0.1, -0.05) is 6.92 Å². The molecule has 3 heterocycles. The van der Waals surface area contributed by atoms with Crippen LogP contribution in [0.25, 0.3) is 0 Å². The van der Waals surface area contributed by atoms with Crippen LogP contribution >= 0.6 is 0 Å². The second-order valence-corrected chi connectivity index (χ2v) is 6.61. The number of carbonyl (C=O) groups excluding carboxylic acids is 1. The Morgan fingerprint density at radius 2 is 2.21 bits per heavy atom. The topological polar surface area (TPSA) is 54.5 Å². The number of hydrogen-bond acceptors (Lipinski definition) is 4. The van der Waals surface area contributed by atoms with E-state index in [1.54, 1.807) is 16.9 Å². The van der Waals surface area contributed by atoms with Gasteiger partial charge in [-0.25, -0.2) is 0 Å². The third-order valence-electron chi connectivity index (χ3n) is 4.70. The van der Waals surface area contributed by atoms with Gasteiger partial charge in [-0.15, -0.1) is 0 Å². The molecule has 1 fully saturated rings. The number of carbonyl (C=O) groups is 1. The van der Waals surface area contributed by atoms with E-state index < -0.39 is 0 Å². The molecule has 0 radical (unpaired) electrons. The van der Waals surface area contributed by atoms with Crippen LogP contribution in [0.3, 0.4) is 0 Å². The third kappa shape index (κ3) is 3.53. The van der Waals surface area contributed by atoms with Gasteiger partial charge in [0.05, 0.1) is 6.54 Å². The minimum atomic E-state index is -0.0106. The quantitative estimate of drug-likeness (QED) is 0.845. The Labute approximate surface area is 143 Å². The van der Waals surface area contributed by atoms with E-state index in [0.29, 0.717) is 24.4 Å². The predicted octanol–water partition coefficient (Wildman–Crippen LogP) is 2.47. The van der Waals surface area contributed by atoms with E-state index in [9.17, 15) is 4.79 Å². The van der Waals surface area contributed by atoms with Crippen molar-refractivity contribution in [2.45, 2.75) is 45.8 Å². The molecule has 0 aliphatic carbocycles. The minimum absolute atomic E-state index is 0.0106. The molecule has 1 aliphatic heterocycles. The fourth-order valence-corrected chi connectivity index (χ4v) is 3.38. The average molecular weight is 330 g/mol. The number of hydrogen-bond donors (Lipinski definition) is 0. The smallest absolute Gasteiger partial charge is 0.289 e. The highest BCUT2D eigenvalue weighted by Gasteiger charge is 2.31. The highest BCUT2D eigenvalue weighted by Crippen LogP contribution is 2.19. The van der Waals surface area contributed by atoms with E-state index in [1.807, 2.05) is 23.2 Å². The zero-order valence-electron chi connectivity index (χ0n) is 14.7. The molecule has 0 unspecified atom stereocenters. The molecule has 0 bridgehead atoms. The van der Waals surface area contributed by atoms with Gasteiger partial charge in [-0.3, -0.25) is 14.4 Å². The van der Waals surface area contributed by atoms with Crippen molar-refractivity contribution in [1.29, 1.82) is 0 Å². The summed E-state index contributed by atoms with van der Waals surface area (Å²) in [6, 6.07) is 6.43. The summed E-state index contributed by atoms with van der Waals surface area (Å²) in [6.45, 7) is 9.60. The molecule has 1 atom stereocenters. The lowest BCUT2D eigenvalue weighted by Crippen LogP contribution is -2.56. The van der Waals surface area contributed by atoms with Crippen LogP contribution in [0.2, 0.25) is 0 Å². The number of aromatic nitrogens is 2. The zero-order valence-corrected chi connectivity index (χ0v) is 14.7. The molecule has 6 nitrogen and oxygen atoms in total. The van der Waals surface area contributed by atoms with Crippen LogP contribution in [0.1, 0.15) is 43.5 Å². The van der Waals surface area contributed by atoms with E-state index in [1.165, 1.54) is 0 Å². The minimum Gasteiger partial charge on any atom is -0.454 e. The van der Waals surface area contributed by atoms with Crippen molar-refractivity contribution < 1.29 is 9.21 Å². The molecule has 2 aromatic rings. The van der Waals surface area contributed by atoms with Gasteiger partial charge in [0.2, 0.25) is 0 Å². The maximum Gasteiger partial charge on any atom is 0.289 e. The maximum atomic E-state index is 12.7. The summed E-state index contributed by atoms with van der Waals surface area (Å²) in [7, 11) is 0. The van der Waals surface area contributed by atoms with Crippen LogP contribution < -0.4 is 0 Å². The maximum absolute atomic E-state index is 12.7. The number of piperazine rings is 1. The van der Waals surface area contributed by atoms with E-state index in [4.69, 9.17) is 4.42 Å². The van der Waals surface area contributed by atoms with Crippen molar-refractivity contribution in [3.05, 3.63) is 42.1 Å². The van der Waals surface area contributed by atoms with Crippen LogP contribution in [-0.2, 0) is 6.54 Å². The molecular formula is C18H26N4O2. The summed E-state index contributed by atoms with van der Waals surface area (Å²) in [6.07, 6.45) is 4.65. The van der Waals surface area contributed by atoms with Crippen LogP contribution in [0.4, 0.5) is 0 Å². The van der Waals surface area contributed by atoms with Gasteiger partial charge in [0.15, 0.2) is 5.76 Å². The Hall–Kier alpha value is -2.08. The molecular weight excluding hydrogens is 304 g/mol. The van der Waals surface area contributed by atoms with Crippen molar-refractivity contribution in [3.63, 3.8) is 0 Å². The van der Waals surface area contributed by atoms with Gasteiger partial charge >= 0.3 is 0 Å². The predicted molar refractivity (Wildman–Crippen MR) is 91.9 cm³/mol. The summed E-state index contributed by atoms with van der Waals surface area (Å²) in [5.41, 5.74) is 0. The van der Waals surface area contributed by atoms with Gasteiger partial charge in [0.1, 0.15) is 5.76 Å². The molecule has 1 saturated heterocycles. The fraction of sp³-hybridized carbons (Fsp3) is 0.556. The first-order valence-corrected chi connectivity index (χ1v) is 8.69. The highest BCUT2D eigenvalue weighted by atomic mass is 16.4. The Morgan fingerprint density at radius 3 is 2.88 bits per heavy atom. The van der Waals surface area contributed by atoms with E-state index in [0.717, 1.165) is 31.8 Å². The van der Waals surface area contributed by atoms with E-state index in [2.05, 4.69) is 30.8 Å². The SMILES string of the molecule is CC[C@H]1CN(C(=O)c2ccc(Cn3cccn3)o2)CCN1C(C)C. The Balaban J connectivity index is 1.65.